The van der Waals surface area contributed by atoms with Crippen LogP contribution in [0.2, 0.25) is 0 Å². The van der Waals surface area contributed by atoms with Crippen LogP contribution in [0.1, 0.15) is 33.9 Å². The lowest BCUT2D eigenvalue weighted by molar-refractivity contribution is -0.145. The highest BCUT2D eigenvalue weighted by Crippen LogP contribution is 2.51. The number of nitrogens with zero attached hydrogens (tertiary/aromatic N) is 2. The van der Waals surface area contributed by atoms with Gasteiger partial charge in [0.2, 0.25) is 5.54 Å². The van der Waals surface area contributed by atoms with Gasteiger partial charge in [0.1, 0.15) is 5.82 Å². The fourth-order valence-electron chi connectivity index (χ4n) is 3.15. The van der Waals surface area contributed by atoms with Crippen molar-refractivity contribution < 1.29 is 26.7 Å². The minimum atomic E-state index is -4.02. The molecule has 1 aliphatic heterocycles. The summed E-state index contributed by atoms with van der Waals surface area (Å²) in [6.45, 7) is 1.52. The Hall–Kier alpha value is -2.56. The number of rotatable bonds is 4. The summed E-state index contributed by atoms with van der Waals surface area (Å²) in [5.74, 6) is -6.49. The number of thiazole rings is 1. The van der Waals surface area contributed by atoms with Crippen molar-refractivity contribution in [3.8, 4) is 10.4 Å². The van der Waals surface area contributed by atoms with Crippen molar-refractivity contribution in [2.75, 3.05) is 0 Å². The molecule has 0 saturated carbocycles. The van der Waals surface area contributed by atoms with Gasteiger partial charge in [0.15, 0.2) is 5.01 Å². The first-order chi connectivity index (χ1) is 13.0. The van der Waals surface area contributed by atoms with Gasteiger partial charge in [0.05, 0.1) is 16.4 Å². The topological polar surface area (TPSA) is 94.4 Å². The van der Waals surface area contributed by atoms with Crippen LogP contribution in [0, 0.1) is 12.7 Å². The molecule has 150 valence electrons. The Morgan fingerprint density at radius 1 is 1.32 bits per heavy atom. The molecule has 3 rings (SSSR count). The molecule has 2 heterocycles. The van der Waals surface area contributed by atoms with Gasteiger partial charge >= 0.3 is 0 Å². The first kappa shape index (κ1) is 20.2. The van der Waals surface area contributed by atoms with Crippen LogP contribution in [0.5, 0.6) is 0 Å². The van der Waals surface area contributed by atoms with E-state index in [1.54, 1.807) is 0 Å². The van der Waals surface area contributed by atoms with E-state index in [-0.39, 0.29) is 17.0 Å². The van der Waals surface area contributed by atoms with E-state index in [1.807, 2.05) is 0 Å². The van der Waals surface area contributed by atoms with Crippen LogP contribution in [-0.2, 0) is 5.54 Å². The van der Waals surface area contributed by atoms with E-state index in [4.69, 9.17) is 11.5 Å². The molecular weight excluding hydrogens is 403 g/mol. The largest absolute Gasteiger partial charge is 0.387 e. The molecule has 28 heavy (non-hydrogen) atoms. The number of amides is 1. The second-order valence-corrected chi connectivity index (χ2v) is 7.37. The molecule has 0 radical (unpaired) electrons. The highest BCUT2D eigenvalue weighted by atomic mass is 32.1. The Morgan fingerprint density at radius 3 is 2.57 bits per heavy atom. The standard InChI is InChI=1S/C17H15F5N4OS/c1-7-12(28-14(25-7)13(24)27)8-2-3-10(18)9(6-8)17(15(19)20)16(21,22)5-4-11(23)26-17/h2-3,6,15H,4-5H2,1H3,(H2,23,26)(H2,24,27). The summed E-state index contributed by atoms with van der Waals surface area (Å²) in [5, 5.41) is -0.0489. The van der Waals surface area contributed by atoms with E-state index in [9.17, 15) is 26.7 Å². The van der Waals surface area contributed by atoms with Crippen LogP contribution in [0.25, 0.3) is 10.4 Å². The Labute approximate surface area is 160 Å². The molecule has 1 aromatic heterocycles. The molecule has 11 heteroatoms. The summed E-state index contributed by atoms with van der Waals surface area (Å²) in [4.78, 5) is 18.9. The average molecular weight is 418 g/mol. The van der Waals surface area contributed by atoms with E-state index in [2.05, 4.69) is 9.98 Å². The predicted octanol–water partition coefficient (Wildman–Crippen LogP) is 3.60. The molecule has 0 fully saturated rings. The van der Waals surface area contributed by atoms with Crippen LogP contribution < -0.4 is 11.5 Å². The van der Waals surface area contributed by atoms with Gasteiger partial charge in [-0.2, -0.15) is 0 Å². The van der Waals surface area contributed by atoms with E-state index >= 15 is 0 Å². The van der Waals surface area contributed by atoms with E-state index in [0.29, 0.717) is 10.6 Å². The van der Waals surface area contributed by atoms with Gasteiger partial charge in [0.25, 0.3) is 18.3 Å². The molecule has 0 saturated heterocycles. The first-order valence-electron chi connectivity index (χ1n) is 8.07. The van der Waals surface area contributed by atoms with E-state index < -0.39 is 47.4 Å². The molecule has 0 aliphatic carbocycles. The third kappa shape index (κ3) is 3.03. The smallest absolute Gasteiger partial charge is 0.283 e. The number of aromatic nitrogens is 1. The fourth-order valence-corrected chi connectivity index (χ4v) is 4.07. The van der Waals surface area contributed by atoms with Crippen molar-refractivity contribution in [1.82, 2.24) is 4.98 Å². The van der Waals surface area contributed by atoms with Crippen LogP contribution in [0.3, 0.4) is 0 Å². The molecule has 1 unspecified atom stereocenters. The Balaban J connectivity index is 2.26. The van der Waals surface area contributed by atoms with Gasteiger partial charge in [-0.3, -0.25) is 4.79 Å². The second-order valence-electron chi connectivity index (χ2n) is 6.37. The lowest BCUT2D eigenvalue weighted by Gasteiger charge is -2.40. The number of alkyl halides is 4. The third-order valence-corrected chi connectivity index (χ3v) is 5.76. The predicted molar refractivity (Wildman–Crippen MR) is 94.2 cm³/mol. The first-order valence-corrected chi connectivity index (χ1v) is 8.89. The lowest BCUT2D eigenvalue weighted by atomic mass is 9.79. The third-order valence-electron chi connectivity index (χ3n) is 4.54. The fraction of sp³-hybridized carbons (Fsp3) is 0.353. The zero-order valence-electron chi connectivity index (χ0n) is 14.5. The highest BCUT2D eigenvalue weighted by molar-refractivity contribution is 7.17. The Bertz CT molecular complexity index is 974. The minimum absolute atomic E-state index is 0.0489. The Morgan fingerprint density at radius 2 is 2.00 bits per heavy atom. The average Bonchev–Trinajstić information content (AvgIpc) is 2.99. The number of halogens is 5. The van der Waals surface area contributed by atoms with Crippen LogP contribution in [0.4, 0.5) is 22.0 Å². The summed E-state index contributed by atoms with van der Waals surface area (Å²) in [6.07, 6.45) is -5.07. The quantitative estimate of drug-likeness (QED) is 0.743. The zero-order valence-corrected chi connectivity index (χ0v) is 15.3. The number of amidine groups is 1. The maximum Gasteiger partial charge on any atom is 0.283 e. The number of carbonyl (C=O) groups is 1. The molecule has 4 N–H and O–H groups in total. The SMILES string of the molecule is Cc1nc(C(N)=O)sc1-c1ccc(F)c(C2(C(F)F)N=C(N)CCC2(F)F)c1. The molecule has 1 aliphatic rings. The van der Waals surface area contributed by atoms with Gasteiger partial charge in [0, 0.05) is 18.4 Å². The summed E-state index contributed by atoms with van der Waals surface area (Å²) in [7, 11) is 0. The maximum atomic E-state index is 14.7. The highest BCUT2D eigenvalue weighted by Gasteiger charge is 2.63. The van der Waals surface area contributed by atoms with Gasteiger partial charge in [-0.25, -0.2) is 31.9 Å². The van der Waals surface area contributed by atoms with Crippen molar-refractivity contribution >= 4 is 23.1 Å². The van der Waals surface area contributed by atoms with E-state index in [0.717, 1.165) is 23.5 Å². The second kappa shape index (κ2) is 6.80. The number of aryl methyl sites for hydroxylation is 1. The van der Waals surface area contributed by atoms with Crippen molar-refractivity contribution in [1.29, 1.82) is 0 Å². The van der Waals surface area contributed by atoms with Gasteiger partial charge in [-0.15, -0.1) is 11.3 Å². The van der Waals surface area contributed by atoms with Crippen LogP contribution in [-0.4, -0.2) is 29.1 Å². The number of nitrogens with two attached hydrogens (primary N) is 2. The van der Waals surface area contributed by atoms with Crippen molar-refractivity contribution in [2.45, 2.75) is 37.7 Å². The number of hydrogen-bond acceptors (Lipinski definition) is 5. The molecule has 0 spiro atoms. The van der Waals surface area contributed by atoms with Crippen molar-refractivity contribution in [2.24, 2.45) is 16.5 Å². The summed E-state index contributed by atoms with van der Waals surface area (Å²) >= 11 is 0.846. The summed E-state index contributed by atoms with van der Waals surface area (Å²) in [6, 6.07) is 2.90. The van der Waals surface area contributed by atoms with E-state index in [1.165, 1.54) is 13.0 Å². The molecule has 2 aromatic rings. The monoisotopic (exact) mass is 418 g/mol. The van der Waals surface area contributed by atoms with Crippen molar-refractivity contribution in [3.05, 3.63) is 40.3 Å². The van der Waals surface area contributed by atoms with Crippen LogP contribution >= 0.6 is 11.3 Å². The normalized spacial score (nSPS) is 21.6. The molecular formula is C17H15F5N4OS. The number of aliphatic imine (C=N–C) groups is 1. The lowest BCUT2D eigenvalue weighted by Crippen LogP contribution is -2.54. The van der Waals surface area contributed by atoms with Crippen molar-refractivity contribution in [3.63, 3.8) is 0 Å². The summed E-state index contributed by atoms with van der Waals surface area (Å²) < 4.78 is 71.7. The van der Waals surface area contributed by atoms with Gasteiger partial charge in [-0.1, -0.05) is 6.07 Å². The zero-order chi connectivity index (χ0) is 20.9. The number of primary amides is 1. The molecule has 1 aromatic carbocycles. The Kier molecular flexibility index (Phi) is 4.90. The number of benzene rings is 1. The maximum absolute atomic E-state index is 14.7. The number of hydrogen-bond donors (Lipinski definition) is 2. The van der Waals surface area contributed by atoms with Gasteiger partial charge < -0.3 is 11.5 Å². The molecule has 5 nitrogen and oxygen atoms in total. The molecule has 0 bridgehead atoms. The van der Waals surface area contributed by atoms with Crippen LogP contribution in [0.15, 0.2) is 23.2 Å². The minimum Gasteiger partial charge on any atom is -0.387 e. The molecule has 1 amide bonds. The summed E-state index contributed by atoms with van der Waals surface area (Å²) in [5.41, 5.74) is 6.68. The molecule has 1 atom stereocenters. The number of carbonyl (C=O) groups excluding carboxylic acids is 1. The van der Waals surface area contributed by atoms with Gasteiger partial charge in [-0.05, 0) is 24.6 Å².